The van der Waals surface area contributed by atoms with Gasteiger partial charge in [0.15, 0.2) is 0 Å². The van der Waals surface area contributed by atoms with Gasteiger partial charge in [0.1, 0.15) is 0 Å². The van der Waals surface area contributed by atoms with Crippen LogP contribution in [-0.2, 0) is 9.59 Å². The number of rotatable bonds is 4. The van der Waals surface area contributed by atoms with E-state index in [-0.39, 0.29) is 17.7 Å². The van der Waals surface area contributed by atoms with Crippen LogP contribution in [0.3, 0.4) is 0 Å². The van der Waals surface area contributed by atoms with Crippen LogP contribution in [0.1, 0.15) is 25.7 Å². The highest BCUT2D eigenvalue weighted by Crippen LogP contribution is 2.10. The Morgan fingerprint density at radius 2 is 2.47 bits per heavy atom. The lowest BCUT2D eigenvalue weighted by Gasteiger charge is -2.21. The fraction of sp³-hybridized carbons (Fsp3) is 0.636. The van der Waals surface area contributed by atoms with Crippen molar-refractivity contribution in [3.63, 3.8) is 0 Å². The molecule has 4 heteroatoms. The summed E-state index contributed by atoms with van der Waals surface area (Å²) in [6, 6.07) is 0. The molecule has 0 aromatic heterocycles. The molecule has 1 fully saturated rings. The van der Waals surface area contributed by atoms with Crippen molar-refractivity contribution in [3.8, 4) is 12.3 Å². The Labute approximate surface area is 89.8 Å². The smallest absolute Gasteiger partial charge is 0.224 e. The number of carbonyl (C=O) groups is 2. The first kappa shape index (κ1) is 11.6. The normalized spacial score (nSPS) is 20.2. The Hall–Kier alpha value is -1.50. The Morgan fingerprint density at radius 3 is 3.07 bits per heavy atom. The zero-order valence-electron chi connectivity index (χ0n) is 8.71. The molecule has 0 spiro atoms. The van der Waals surface area contributed by atoms with Crippen LogP contribution in [0.25, 0.3) is 0 Å². The number of carbonyl (C=O) groups excluding carboxylic acids is 2. The van der Waals surface area contributed by atoms with E-state index in [9.17, 15) is 9.59 Å². The zero-order chi connectivity index (χ0) is 11.1. The quantitative estimate of drug-likeness (QED) is 0.506. The first-order chi connectivity index (χ1) is 7.24. The Kier molecular flexibility index (Phi) is 4.69. The van der Waals surface area contributed by atoms with Crippen molar-refractivity contribution in [2.75, 3.05) is 13.1 Å². The maximum atomic E-state index is 11.6. The van der Waals surface area contributed by atoms with Crippen LogP contribution in [0.2, 0.25) is 0 Å². The molecule has 1 aliphatic rings. The van der Waals surface area contributed by atoms with E-state index in [0.29, 0.717) is 32.4 Å². The van der Waals surface area contributed by atoms with Crippen LogP contribution in [-0.4, -0.2) is 24.9 Å². The first-order valence-electron chi connectivity index (χ1n) is 5.22. The minimum atomic E-state index is -0.0754. The van der Waals surface area contributed by atoms with E-state index in [4.69, 9.17) is 6.42 Å². The van der Waals surface area contributed by atoms with Crippen molar-refractivity contribution in [1.82, 2.24) is 10.6 Å². The molecule has 0 radical (unpaired) electrons. The summed E-state index contributed by atoms with van der Waals surface area (Å²) in [7, 11) is 0. The molecule has 0 aromatic carbocycles. The SMILES string of the molecule is C#CCCCNC(=O)C1CCC(=O)NC1. The van der Waals surface area contributed by atoms with Gasteiger partial charge in [-0.15, -0.1) is 12.3 Å². The van der Waals surface area contributed by atoms with Gasteiger partial charge in [-0.1, -0.05) is 0 Å². The fourth-order valence-electron chi connectivity index (χ4n) is 1.50. The van der Waals surface area contributed by atoms with E-state index < -0.39 is 0 Å². The topological polar surface area (TPSA) is 58.2 Å². The third-order valence-electron chi connectivity index (χ3n) is 2.43. The number of piperidine rings is 1. The average Bonchev–Trinajstić information content (AvgIpc) is 2.25. The molecule has 1 aliphatic heterocycles. The summed E-state index contributed by atoms with van der Waals surface area (Å²) in [6.45, 7) is 1.08. The molecule has 2 amide bonds. The van der Waals surface area contributed by atoms with Crippen LogP contribution < -0.4 is 10.6 Å². The van der Waals surface area contributed by atoms with Gasteiger partial charge in [-0.3, -0.25) is 9.59 Å². The van der Waals surface area contributed by atoms with Gasteiger partial charge in [-0.25, -0.2) is 0 Å². The number of terminal acetylenes is 1. The van der Waals surface area contributed by atoms with E-state index >= 15 is 0 Å². The predicted molar refractivity (Wildman–Crippen MR) is 56.8 cm³/mol. The first-order valence-corrected chi connectivity index (χ1v) is 5.22. The van der Waals surface area contributed by atoms with E-state index in [1.165, 1.54) is 0 Å². The molecule has 1 rings (SSSR count). The summed E-state index contributed by atoms with van der Waals surface area (Å²) in [4.78, 5) is 22.4. The highest BCUT2D eigenvalue weighted by atomic mass is 16.2. The van der Waals surface area contributed by atoms with Crippen LogP contribution in [0.5, 0.6) is 0 Å². The van der Waals surface area contributed by atoms with Crippen molar-refractivity contribution in [1.29, 1.82) is 0 Å². The van der Waals surface area contributed by atoms with Gasteiger partial charge in [-0.2, -0.15) is 0 Å². The molecule has 1 atom stereocenters. The molecule has 0 aliphatic carbocycles. The molecule has 0 aromatic rings. The van der Waals surface area contributed by atoms with Crippen molar-refractivity contribution < 1.29 is 9.59 Å². The molecule has 4 nitrogen and oxygen atoms in total. The standard InChI is InChI=1S/C11H16N2O2/c1-2-3-4-7-12-11(15)9-5-6-10(14)13-8-9/h1,9H,3-8H2,(H,12,15)(H,13,14). The number of unbranched alkanes of at least 4 members (excludes halogenated alkanes) is 1. The van der Waals surface area contributed by atoms with Crippen LogP contribution >= 0.6 is 0 Å². The van der Waals surface area contributed by atoms with E-state index in [1.807, 2.05) is 0 Å². The molecule has 1 unspecified atom stereocenters. The van der Waals surface area contributed by atoms with Crippen LogP contribution in [0.15, 0.2) is 0 Å². The third kappa shape index (κ3) is 4.03. The molecule has 0 saturated carbocycles. The average molecular weight is 208 g/mol. The van der Waals surface area contributed by atoms with Gasteiger partial charge < -0.3 is 10.6 Å². The number of hydrogen-bond donors (Lipinski definition) is 2. The summed E-state index contributed by atoms with van der Waals surface area (Å²) in [5.74, 6) is 2.50. The number of nitrogens with one attached hydrogen (secondary N) is 2. The lowest BCUT2D eigenvalue weighted by Crippen LogP contribution is -2.43. The minimum absolute atomic E-state index is 0.0204. The van der Waals surface area contributed by atoms with E-state index in [2.05, 4.69) is 16.6 Å². The summed E-state index contributed by atoms with van der Waals surface area (Å²) in [5.41, 5.74) is 0. The lowest BCUT2D eigenvalue weighted by molar-refractivity contribution is -0.128. The van der Waals surface area contributed by atoms with Crippen molar-refractivity contribution in [2.45, 2.75) is 25.7 Å². The van der Waals surface area contributed by atoms with Gasteiger partial charge >= 0.3 is 0 Å². The summed E-state index contributed by atoms with van der Waals surface area (Å²) < 4.78 is 0. The zero-order valence-corrected chi connectivity index (χ0v) is 8.71. The van der Waals surface area contributed by atoms with Crippen molar-refractivity contribution >= 4 is 11.8 Å². The second kappa shape index (κ2) is 6.07. The summed E-state index contributed by atoms with van der Waals surface area (Å²) in [5, 5.41) is 5.50. The van der Waals surface area contributed by atoms with Gasteiger partial charge in [0.25, 0.3) is 0 Å². The second-order valence-corrected chi connectivity index (χ2v) is 3.64. The minimum Gasteiger partial charge on any atom is -0.356 e. The fourth-order valence-corrected chi connectivity index (χ4v) is 1.50. The molecule has 2 N–H and O–H groups in total. The number of amides is 2. The third-order valence-corrected chi connectivity index (χ3v) is 2.43. The molecule has 1 heterocycles. The van der Waals surface area contributed by atoms with Crippen molar-refractivity contribution in [3.05, 3.63) is 0 Å². The maximum Gasteiger partial charge on any atom is 0.224 e. The largest absolute Gasteiger partial charge is 0.356 e. The maximum absolute atomic E-state index is 11.6. The number of hydrogen-bond acceptors (Lipinski definition) is 2. The summed E-state index contributed by atoms with van der Waals surface area (Å²) >= 11 is 0. The van der Waals surface area contributed by atoms with Gasteiger partial charge in [-0.05, 0) is 12.8 Å². The monoisotopic (exact) mass is 208 g/mol. The Bertz CT molecular complexity index is 271. The predicted octanol–water partition coefficient (Wildman–Crippen LogP) is 0.0422. The molecule has 15 heavy (non-hydrogen) atoms. The highest BCUT2D eigenvalue weighted by molar-refractivity contribution is 5.83. The van der Waals surface area contributed by atoms with E-state index in [0.717, 1.165) is 6.42 Å². The van der Waals surface area contributed by atoms with Crippen LogP contribution in [0, 0.1) is 18.3 Å². The molecular weight excluding hydrogens is 192 g/mol. The Morgan fingerprint density at radius 1 is 1.67 bits per heavy atom. The Balaban J connectivity index is 2.17. The summed E-state index contributed by atoms with van der Waals surface area (Å²) in [6.07, 6.45) is 7.67. The van der Waals surface area contributed by atoms with Crippen molar-refractivity contribution in [2.24, 2.45) is 5.92 Å². The molecule has 0 bridgehead atoms. The highest BCUT2D eigenvalue weighted by Gasteiger charge is 2.23. The van der Waals surface area contributed by atoms with Crippen LogP contribution in [0.4, 0.5) is 0 Å². The molecular formula is C11H16N2O2. The van der Waals surface area contributed by atoms with Gasteiger partial charge in [0.05, 0.1) is 5.92 Å². The van der Waals surface area contributed by atoms with Gasteiger partial charge in [0, 0.05) is 25.9 Å². The lowest BCUT2D eigenvalue weighted by atomic mass is 9.98. The van der Waals surface area contributed by atoms with E-state index in [1.54, 1.807) is 0 Å². The second-order valence-electron chi connectivity index (χ2n) is 3.64. The van der Waals surface area contributed by atoms with Gasteiger partial charge in [0.2, 0.25) is 11.8 Å². The molecule has 82 valence electrons. The molecule has 1 saturated heterocycles.